The number of rotatable bonds is 4. The summed E-state index contributed by atoms with van der Waals surface area (Å²) in [6, 6.07) is 3.76. The molecule has 0 aromatic carbocycles. The van der Waals surface area contributed by atoms with Crippen LogP contribution in [0.5, 0.6) is 0 Å². The molecule has 0 fully saturated rings. The zero-order valence-corrected chi connectivity index (χ0v) is 12.1. The van der Waals surface area contributed by atoms with E-state index >= 15 is 0 Å². The number of hydrogen-bond acceptors (Lipinski definition) is 5. The Morgan fingerprint density at radius 3 is 2.83 bits per heavy atom. The molecule has 4 nitrogen and oxygen atoms in total. The normalized spacial score (nSPS) is 10.6. The van der Waals surface area contributed by atoms with Crippen LogP contribution in [0.25, 0.3) is 0 Å². The molecule has 0 atom stereocenters. The topological polar surface area (TPSA) is 59.2 Å². The lowest BCUT2D eigenvalue weighted by Crippen LogP contribution is -2.30. The SMILES string of the molecule is CCN(Cc1ccc(Cl)s1)C(=O)c1csc(N)n1. The fourth-order valence-electron chi connectivity index (χ4n) is 1.50. The number of amides is 1. The Bertz CT molecular complexity index is 552. The third-order valence-corrected chi connectivity index (χ3v) is 4.28. The van der Waals surface area contributed by atoms with Gasteiger partial charge in [0.2, 0.25) is 0 Å². The molecule has 7 heteroatoms. The molecule has 2 rings (SSSR count). The highest BCUT2D eigenvalue weighted by Crippen LogP contribution is 2.23. The van der Waals surface area contributed by atoms with Crippen LogP contribution in [0.3, 0.4) is 0 Å². The molecule has 0 spiro atoms. The van der Waals surface area contributed by atoms with E-state index in [0.29, 0.717) is 23.9 Å². The van der Waals surface area contributed by atoms with E-state index in [2.05, 4.69) is 4.98 Å². The minimum Gasteiger partial charge on any atom is -0.375 e. The van der Waals surface area contributed by atoms with Crippen LogP contribution >= 0.6 is 34.3 Å². The highest BCUT2D eigenvalue weighted by Gasteiger charge is 2.17. The van der Waals surface area contributed by atoms with Crippen LogP contribution in [0.2, 0.25) is 4.34 Å². The van der Waals surface area contributed by atoms with Crippen LogP contribution in [-0.2, 0) is 6.54 Å². The number of nitrogen functional groups attached to an aromatic ring is 1. The van der Waals surface area contributed by atoms with E-state index in [1.165, 1.54) is 22.7 Å². The van der Waals surface area contributed by atoms with Gasteiger partial charge < -0.3 is 10.6 Å². The van der Waals surface area contributed by atoms with Gasteiger partial charge in [-0.2, -0.15) is 0 Å². The molecule has 2 aromatic heterocycles. The maximum absolute atomic E-state index is 12.2. The zero-order valence-electron chi connectivity index (χ0n) is 9.72. The van der Waals surface area contributed by atoms with Crippen molar-refractivity contribution in [1.29, 1.82) is 0 Å². The van der Waals surface area contributed by atoms with Crippen molar-refractivity contribution in [3.63, 3.8) is 0 Å². The summed E-state index contributed by atoms with van der Waals surface area (Å²) in [6.07, 6.45) is 0. The molecule has 0 saturated carbocycles. The number of aromatic nitrogens is 1. The average molecular weight is 302 g/mol. The van der Waals surface area contributed by atoms with Gasteiger partial charge in [-0.3, -0.25) is 4.79 Å². The van der Waals surface area contributed by atoms with E-state index in [1.807, 2.05) is 19.1 Å². The number of thiazole rings is 1. The molecular weight excluding hydrogens is 290 g/mol. The lowest BCUT2D eigenvalue weighted by molar-refractivity contribution is 0.0749. The van der Waals surface area contributed by atoms with E-state index in [4.69, 9.17) is 17.3 Å². The van der Waals surface area contributed by atoms with Gasteiger partial charge in [0, 0.05) is 16.8 Å². The van der Waals surface area contributed by atoms with Crippen molar-refractivity contribution in [1.82, 2.24) is 9.88 Å². The molecule has 0 aliphatic heterocycles. The van der Waals surface area contributed by atoms with Crippen molar-refractivity contribution in [2.75, 3.05) is 12.3 Å². The smallest absolute Gasteiger partial charge is 0.273 e. The largest absolute Gasteiger partial charge is 0.375 e. The summed E-state index contributed by atoms with van der Waals surface area (Å²) < 4.78 is 0.728. The maximum Gasteiger partial charge on any atom is 0.273 e. The summed E-state index contributed by atoms with van der Waals surface area (Å²) in [5.41, 5.74) is 5.94. The Labute approximate surface area is 118 Å². The summed E-state index contributed by atoms with van der Waals surface area (Å²) in [6.45, 7) is 3.10. The molecule has 96 valence electrons. The molecule has 0 bridgehead atoms. The maximum atomic E-state index is 12.2. The quantitative estimate of drug-likeness (QED) is 0.944. The van der Waals surface area contributed by atoms with Crippen LogP contribution in [0, 0.1) is 0 Å². The van der Waals surface area contributed by atoms with E-state index in [9.17, 15) is 4.79 Å². The number of nitrogens with two attached hydrogens (primary N) is 1. The number of nitrogens with zero attached hydrogens (tertiary/aromatic N) is 2. The second-order valence-corrected chi connectivity index (χ2v) is 6.29. The van der Waals surface area contributed by atoms with Crippen LogP contribution in [0.15, 0.2) is 17.5 Å². The summed E-state index contributed by atoms with van der Waals surface area (Å²) in [5, 5.41) is 2.09. The number of halogens is 1. The second kappa shape index (κ2) is 5.69. The zero-order chi connectivity index (χ0) is 13.1. The van der Waals surface area contributed by atoms with E-state index in [0.717, 1.165) is 9.21 Å². The monoisotopic (exact) mass is 301 g/mol. The second-order valence-electron chi connectivity index (χ2n) is 3.60. The van der Waals surface area contributed by atoms with Crippen molar-refractivity contribution in [3.8, 4) is 0 Å². The van der Waals surface area contributed by atoms with Crippen LogP contribution in [0.4, 0.5) is 5.13 Å². The summed E-state index contributed by atoms with van der Waals surface area (Å²) in [5.74, 6) is -0.102. The molecule has 18 heavy (non-hydrogen) atoms. The predicted octanol–water partition coefficient (Wildman–Crippen LogP) is 3.10. The molecule has 2 N–H and O–H groups in total. The van der Waals surface area contributed by atoms with Crippen molar-refractivity contribution in [2.45, 2.75) is 13.5 Å². The molecule has 2 heterocycles. The molecule has 0 aliphatic carbocycles. The lowest BCUT2D eigenvalue weighted by Gasteiger charge is -2.18. The van der Waals surface area contributed by atoms with E-state index < -0.39 is 0 Å². The van der Waals surface area contributed by atoms with Crippen LogP contribution in [-0.4, -0.2) is 22.3 Å². The van der Waals surface area contributed by atoms with Gasteiger partial charge in [-0.1, -0.05) is 11.6 Å². The van der Waals surface area contributed by atoms with Gasteiger partial charge in [-0.15, -0.1) is 22.7 Å². The average Bonchev–Trinajstić information content (AvgIpc) is 2.94. The molecule has 0 radical (unpaired) electrons. The number of anilines is 1. The lowest BCUT2D eigenvalue weighted by atomic mass is 10.3. The Morgan fingerprint density at radius 1 is 1.56 bits per heavy atom. The third-order valence-electron chi connectivity index (χ3n) is 2.39. The predicted molar refractivity (Wildman–Crippen MR) is 76.3 cm³/mol. The van der Waals surface area contributed by atoms with Crippen molar-refractivity contribution >= 4 is 45.3 Å². The third kappa shape index (κ3) is 3.01. The van der Waals surface area contributed by atoms with Crippen LogP contribution in [0.1, 0.15) is 22.3 Å². The van der Waals surface area contributed by atoms with Crippen LogP contribution < -0.4 is 5.73 Å². The van der Waals surface area contributed by atoms with E-state index in [-0.39, 0.29) is 5.91 Å². The fourth-order valence-corrected chi connectivity index (χ4v) is 3.14. The summed E-state index contributed by atoms with van der Waals surface area (Å²) >= 11 is 8.62. The van der Waals surface area contributed by atoms with Gasteiger partial charge in [0.1, 0.15) is 5.69 Å². The van der Waals surface area contributed by atoms with Gasteiger partial charge in [0.15, 0.2) is 5.13 Å². The number of carbonyl (C=O) groups excluding carboxylic acids is 1. The number of thiophene rings is 1. The first-order valence-corrected chi connectivity index (χ1v) is 7.42. The Kier molecular flexibility index (Phi) is 4.21. The first-order chi connectivity index (χ1) is 8.60. The Hall–Kier alpha value is -1.11. The van der Waals surface area contributed by atoms with Gasteiger partial charge in [0.25, 0.3) is 5.91 Å². The summed E-state index contributed by atoms with van der Waals surface area (Å²) in [4.78, 5) is 19.0. The number of hydrogen-bond donors (Lipinski definition) is 1. The number of carbonyl (C=O) groups is 1. The Balaban J connectivity index is 2.11. The molecular formula is C11H12ClN3OS2. The minimum absolute atomic E-state index is 0.102. The highest BCUT2D eigenvalue weighted by molar-refractivity contribution is 7.16. The van der Waals surface area contributed by atoms with Crippen molar-refractivity contribution in [2.24, 2.45) is 0 Å². The standard InChI is InChI=1S/C11H12ClN3OS2/c1-2-15(5-7-3-4-9(12)18-7)10(16)8-6-17-11(13)14-8/h3-4,6H,2,5H2,1H3,(H2,13,14). The van der Waals surface area contributed by atoms with Gasteiger partial charge in [-0.05, 0) is 19.1 Å². The minimum atomic E-state index is -0.102. The van der Waals surface area contributed by atoms with E-state index in [1.54, 1.807) is 10.3 Å². The molecule has 1 amide bonds. The van der Waals surface area contributed by atoms with Crippen molar-refractivity contribution in [3.05, 3.63) is 32.4 Å². The molecule has 0 unspecified atom stereocenters. The fraction of sp³-hybridized carbons (Fsp3) is 0.273. The molecule has 0 saturated heterocycles. The highest BCUT2D eigenvalue weighted by atomic mass is 35.5. The van der Waals surface area contributed by atoms with Gasteiger partial charge >= 0.3 is 0 Å². The first kappa shape index (κ1) is 13.3. The van der Waals surface area contributed by atoms with Gasteiger partial charge in [0.05, 0.1) is 10.9 Å². The van der Waals surface area contributed by atoms with Gasteiger partial charge in [-0.25, -0.2) is 4.98 Å². The summed E-state index contributed by atoms with van der Waals surface area (Å²) in [7, 11) is 0. The molecule has 2 aromatic rings. The first-order valence-electron chi connectivity index (χ1n) is 5.34. The molecule has 0 aliphatic rings. The Morgan fingerprint density at radius 2 is 2.33 bits per heavy atom. The van der Waals surface area contributed by atoms with Crippen molar-refractivity contribution < 1.29 is 4.79 Å².